The van der Waals surface area contributed by atoms with Crippen LogP contribution >= 0.6 is 0 Å². The predicted molar refractivity (Wildman–Crippen MR) is 67.6 cm³/mol. The number of anilines is 1. The maximum absolute atomic E-state index is 5.54. The fraction of sp³-hybridized carbons (Fsp3) is 0.692. The van der Waals surface area contributed by atoms with Crippen LogP contribution < -0.4 is 10.6 Å². The third kappa shape index (κ3) is 2.02. The van der Waals surface area contributed by atoms with E-state index in [9.17, 15) is 0 Å². The summed E-state index contributed by atoms with van der Waals surface area (Å²) in [7, 11) is 0. The van der Waals surface area contributed by atoms with Gasteiger partial charge in [-0.15, -0.1) is 5.10 Å². The monoisotopic (exact) mass is 232 g/mol. The lowest BCUT2D eigenvalue weighted by molar-refractivity contribution is 0.341. The summed E-state index contributed by atoms with van der Waals surface area (Å²) in [5.41, 5.74) is 6.41. The summed E-state index contributed by atoms with van der Waals surface area (Å²) in [5, 5.41) is 8.48. The summed E-state index contributed by atoms with van der Waals surface area (Å²) in [6.45, 7) is 1.62. The van der Waals surface area contributed by atoms with Crippen molar-refractivity contribution >= 4 is 5.82 Å². The summed E-state index contributed by atoms with van der Waals surface area (Å²) in [4.78, 5) is 2.46. The molecule has 3 rings (SSSR count). The van der Waals surface area contributed by atoms with Crippen molar-refractivity contribution in [3.63, 3.8) is 0 Å². The topological polar surface area (TPSA) is 55.0 Å². The first kappa shape index (κ1) is 11.0. The van der Waals surface area contributed by atoms with Gasteiger partial charge in [0.2, 0.25) is 0 Å². The quantitative estimate of drug-likeness (QED) is 0.843. The zero-order chi connectivity index (χ0) is 11.7. The Labute approximate surface area is 102 Å². The second kappa shape index (κ2) is 4.61. The van der Waals surface area contributed by atoms with E-state index in [4.69, 9.17) is 5.73 Å². The fourth-order valence-corrected chi connectivity index (χ4v) is 3.31. The van der Waals surface area contributed by atoms with Gasteiger partial charge >= 0.3 is 0 Å². The first-order valence-corrected chi connectivity index (χ1v) is 6.68. The first-order valence-electron chi connectivity index (χ1n) is 6.68. The molecule has 4 heteroatoms. The Morgan fingerprint density at radius 2 is 2.06 bits per heavy atom. The molecule has 0 spiro atoms. The molecule has 0 amide bonds. The van der Waals surface area contributed by atoms with Crippen LogP contribution in [0.25, 0.3) is 0 Å². The number of rotatable bonds is 2. The molecule has 2 atom stereocenters. The Hall–Kier alpha value is -1.16. The Balaban J connectivity index is 1.78. The van der Waals surface area contributed by atoms with Crippen LogP contribution in [0.5, 0.6) is 0 Å². The van der Waals surface area contributed by atoms with Gasteiger partial charge in [-0.2, -0.15) is 5.10 Å². The molecule has 1 aliphatic carbocycles. The van der Waals surface area contributed by atoms with E-state index in [1.165, 1.54) is 32.1 Å². The zero-order valence-corrected chi connectivity index (χ0v) is 10.2. The van der Waals surface area contributed by atoms with Gasteiger partial charge in [0.15, 0.2) is 5.82 Å². The van der Waals surface area contributed by atoms with Crippen LogP contribution in [0.3, 0.4) is 0 Å². The van der Waals surface area contributed by atoms with E-state index in [0.717, 1.165) is 24.0 Å². The van der Waals surface area contributed by atoms with Gasteiger partial charge in [-0.1, -0.05) is 12.8 Å². The molecule has 1 aliphatic heterocycles. The second-order valence-corrected chi connectivity index (χ2v) is 5.18. The van der Waals surface area contributed by atoms with E-state index in [1.807, 2.05) is 6.07 Å². The van der Waals surface area contributed by atoms with E-state index < -0.39 is 0 Å². The molecule has 4 nitrogen and oxygen atoms in total. The number of nitrogens with two attached hydrogens (primary N) is 1. The minimum absolute atomic E-state index is 0.472. The third-order valence-electron chi connectivity index (χ3n) is 4.22. The molecule has 1 saturated carbocycles. The Bertz CT molecular complexity index is 376. The first-order chi connectivity index (χ1) is 8.38. The fourth-order valence-electron chi connectivity index (χ4n) is 3.31. The maximum Gasteiger partial charge on any atom is 0.151 e. The summed E-state index contributed by atoms with van der Waals surface area (Å²) in [6.07, 6.45) is 6.82. The van der Waals surface area contributed by atoms with Gasteiger partial charge in [0.05, 0.1) is 5.69 Å². The van der Waals surface area contributed by atoms with Crippen LogP contribution in [0, 0.1) is 5.92 Å². The van der Waals surface area contributed by atoms with E-state index in [0.29, 0.717) is 12.6 Å². The molecule has 2 unspecified atom stereocenters. The number of nitrogens with zero attached hydrogens (tertiary/aromatic N) is 3. The van der Waals surface area contributed by atoms with Crippen molar-refractivity contribution < 1.29 is 0 Å². The van der Waals surface area contributed by atoms with E-state index in [-0.39, 0.29) is 0 Å². The van der Waals surface area contributed by atoms with Crippen LogP contribution in [0.2, 0.25) is 0 Å². The van der Waals surface area contributed by atoms with Gasteiger partial charge in [0, 0.05) is 19.1 Å². The van der Waals surface area contributed by atoms with E-state index in [2.05, 4.69) is 21.2 Å². The average molecular weight is 232 g/mol. The normalized spacial score (nSPS) is 28.2. The molecule has 0 radical (unpaired) electrons. The van der Waals surface area contributed by atoms with Gasteiger partial charge in [0.25, 0.3) is 0 Å². The van der Waals surface area contributed by atoms with Gasteiger partial charge in [-0.05, 0) is 37.3 Å². The van der Waals surface area contributed by atoms with Crippen molar-refractivity contribution in [1.82, 2.24) is 10.2 Å². The number of fused-ring (bicyclic) bond motifs is 1. The zero-order valence-electron chi connectivity index (χ0n) is 10.2. The van der Waals surface area contributed by atoms with Gasteiger partial charge in [-0.25, -0.2) is 0 Å². The smallest absolute Gasteiger partial charge is 0.151 e. The summed E-state index contributed by atoms with van der Waals surface area (Å²) in [5.74, 6) is 1.93. The molecule has 1 saturated heterocycles. The Morgan fingerprint density at radius 3 is 2.82 bits per heavy atom. The number of hydrogen-bond donors (Lipinski definition) is 1. The van der Waals surface area contributed by atoms with Crippen molar-refractivity contribution in [3.8, 4) is 0 Å². The molecule has 2 N–H and O–H groups in total. The van der Waals surface area contributed by atoms with Crippen LogP contribution in [-0.4, -0.2) is 22.8 Å². The van der Waals surface area contributed by atoms with Crippen LogP contribution in [-0.2, 0) is 6.54 Å². The largest absolute Gasteiger partial charge is 0.352 e. The van der Waals surface area contributed by atoms with Crippen LogP contribution in [0.15, 0.2) is 12.1 Å². The molecule has 17 heavy (non-hydrogen) atoms. The minimum atomic E-state index is 0.472. The second-order valence-electron chi connectivity index (χ2n) is 5.18. The highest BCUT2D eigenvalue weighted by Crippen LogP contribution is 2.37. The molecule has 0 bridgehead atoms. The summed E-state index contributed by atoms with van der Waals surface area (Å²) in [6, 6.07) is 4.78. The lowest BCUT2D eigenvalue weighted by Crippen LogP contribution is -2.35. The summed E-state index contributed by atoms with van der Waals surface area (Å²) < 4.78 is 0. The van der Waals surface area contributed by atoms with Crippen molar-refractivity contribution in [2.24, 2.45) is 11.7 Å². The summed E-state index contributed by atoms with van der Waals surface area (Å²) >= 11 is 0. The minimum Gasteiger partial charge on any atom is -0.352 e. The lowest BCUT2D eigenvalue weighted by atomic mass is 9.85. The Kier molecular flexibility index (Phi) is 2.97. The predicted octanol–water partition coefficient (Wildman–Crippen LogP) is 1.70. The van der Waals surface area contributed by atoms with E-state index >= 15 is 0 Å². The SMILES string of the molecule is NCc1ccc(N2CCC3CCCCC32)nn1. The van der Waals surface area contributed by atoms with Gasteiger partial charge in [0.1, 0.15) is 0 Å². The average Bonchev–Trinajstić information content (AvgIpc) is 2.83. The molecule has 0 aromatic carbocycles. The van der Waals surface area contributed by atoms with Crippen molar-refractivity contribution in [2.45, 2.75) is 44.7 Å². The number of hydrogen-bond acceptors (Lipinski definition) is 4. The highest BCUT2D eigenvalue weighted by molar-refractivity contribution is 5.40. The van der Waals surface area contributed by atoms with Crippen molar-refractivity contribution in [3.05, 3.63) is 17.8 Å². The number of aromatic nitrogens is 2. The molecule has 1 aromatic heterocycles. The highest BCUT2D eigenvalue weighted by Gasteiger charge is 2.36. The van der Waals surface area contributed by atoms with Crippen molar-refractivity contribution in [2.75, 3.05) is 11.4 Å². The standard InChI is InChI=1S/C13H20N4/c14-9-11-5-6-13(16-15-11)17-8-7-10-3-1-2-4-12(10)17/h5-6,10,12H,1-4,7-9,14H2. The van der Waals surface area contributed by atoms with E-state index in [1.54, 1.807) is 0 Å². The molecule has 2 fully saturated rings. The molecule has 1 aromatic rings. The maximum atomic E-state index is 5.54. The lowest BCUT2D eigenvalue weighted by Gasteiger charge is -2.32. The molecule has 2 heterocycles. The highest BCUT2D eigenvalue weighted by atomic mass is 15.3. The van der Waals surface area contributed by atoms with Gasteiger partial charge < -0.3 is 10.6 Å². The Morgan fingerprint density at radius 1 is 1.18 bits per heavy atom. The van der Waals surface area contributed by atoms with Crippen LogP contribution in [0.4, 0.5) is 5.82 Å². The molecular weight excluding hydrogens is 212 g/mol. The van der Waals surface area contributed by atoms with Crippen LogP contribution in [0.1, 0.15) is 37.8 Å². The molecule has 92 valence electrons. The molecular formula is C13H20N4. The van der Waals surface area contributed by atoms with Gasteiger partial charge in [-0.3, -0.25) is 0 Å². The molecule has 2 aliphatic rings. The third-order valence-corrected chi connectivity index (χ3v) is 4.22. The van der Waals surface area contributed by atoms with Crippen molar-refractivity contribution in [1.29, 1.82) is 0 Å².